The summed E-state index contributed by atoms with van der Waals surface area (Å²) in [6.45, 7) is 2.98. The van der Waals surface area contributed by atoms with Crippen molar-refractivity contribution in [2.45, 2.75) is 38.8 Å². The number of nitrogens with one attached hydrogen (secondary N) is 2. The lowest BCUT2D eigenvalue weighted by Crippen LogP contribution is -2.32. The molecule has 1 unspecified atom stereocenters. The lowest BCUT2D eigenvalue weighted by molar-refractivity contribution is 0.0934. The van der Waals surface area contributed by atoms with E-state index >= 15 is 0 Å². The molecule has 5 aromatic rings. The fourth-order valence-electron chi connectivity index (χ4n) is 4.51. The summed E-state index contributed by atoms with van der Waals surface area (Å²) in [5, 5.41) is 5.62. The lowest BCUT2D eigenvalue weighted by Gasteiger charge is -2.20. The van der Waals surface area contributed by atoms with Crippen LogP contribution in [0.15, 0.2) is 72.9 Å². The van der Waals surface area contributed by atoms with Gasteiger partial charge in [-0.15, -0.1) is 0 Å². The monoisotopic (exact) mass is 504 g/mol. The topological polar surface area (TPSA) is 62.7 Å². The molecule has 0 fully saturated rings. The number of unbranched alkanes of at least 4 members (excludes halogenated alkanes) is 1. The van der Waals surface area contributed by atoms with E-state index < -0.39 is 0 Å². The van der Waals surface area contributed by atoms with Gasteiger partial charge in [0.05, 0.1) is 17.1 Å². The Bertz CT molecular complexity index is 1490. The van der Waals surface area contributed by atoms with Crippen LogP contribution in [0.1, 0.15) is 47.6 Å². The lowest BCUT2D eigenvalue weighted by atomic mass is 10.0. The summed E-state index contributed by atoms with van der Waals surface area (Å²) in [6.07, 6.45) is 4.66. The maximum absolute atomic E-state index is 13.3. The number of halogens is 2. The molecular formula is C28H26Cl2N4O. The molecule has 5 nitrogen and oxygen atoms in total. The second-order valence-electron chi connectivity index (χ2n) is 8.70. The van der Waals surface area contributed by atoms with Gasteiger partial charge in [0.15, 0.2) is 0 Å². The third-order valence-corrected chi connectivity index (χ3v) is 6.78. The van der Waals surface area contributed by atoms with Gasteiger partial charge in [-0.05, 0) is 60.5 Å². The molecule has 0 aliphatic heterocycles. The highest BCUT2D eigenvalue weighted by Crippen LogP contribution is 2.29. The third kappa shape index (κ3) is 4.93. The van der Waals surface area contributed by atoms with Gasteiger partial charge >= 0.3 is 0 Å². The Kier molecular flexibility index (Phi) is 6.80. The summed E-state index contributed by atoms with van der Waals surface area (Å²) in [7, 11) is 0. The number of nitrogens with zero attached hydrogens (tertiary/aromatic N) is 2. The summed E-state index contributed by atoms with van der Waals surface area (Å²) in [6, 6.07) is 20.5. The number of para-hydroxylation sites is 1. The first kappa shape index (κ1) is 23.5. The highest BCUT2D eigenvalue weighted by atomic mass is 35.5. The van der Waals surface area contributed by atoms with E-state index in [1.54, 1.807) is 24.3 Å². The molecule has 35 heavy (non-hydrogen) atoms. The van der Waals surface area contributed by atoms with Gasteiger partial charge < -0.3 is 14.9 Å². The molecular weight excluding hydrogens is 479 g/mol. The van der Waals surface area contributed by atoms with Crippen molar-refractivity contribution in [3.8, 4) is 0 Å². The average molecular weight is 505 g/mol. The Hall–Kier alpha value is -3.28. The van der Waals surface area contributed by atoms with Gasteiger partial charge in [-0.3, -0.25) is 4.79 Å². The second-order valence-corrected chi connectivity index (χ2v) is 9.58. The van der Waals surface area contributed by atoms with E-state index in [9.17, 15) is 4.79 Å². The second kappa shape index (κ2) is 10.1. The summed E-state index contributed by atoms with van der Waals surface area (Å²) >= 11 is 12.3. The molecule has 1 amide bonds. The molecule has 2 aromatic heterocycles. The van der Waals surface area contributed by atoms with Crippen LogP contribution in [0.2, 0.25) is 10.0 Å². The Morgan fingerprint density at radius 3 is 2.63 bits per heavy atom. The molecule has 2 N–H and O–H groups in total. The van der Waals surface area contributed by atoms with E-state index in [0.717, 1.165) is 52.7 Å². The number of aromatic amines is 1. The smallest absolute Gasteiger partial charge is 0.251 e. The van der Waals surface area contributed by atoms with Crippen LogP contribution >= 0.6 is 23.2 Å². The van der Waals surface area contributed by atoms with Crippen LogP contribution in [0.4, 0.5) is 0 Å². The molecule has 0 saturated carbocycles. The molecule has 0 spiro atoms. The minimum atomic E-state index is -0.347. The van der Waals surface area contributed by atoms with E-state index in [1.807, 2.05) is 36.5 Å². The number of amides is 1. The summed E-state index contributed by atoms with van der Waals surface area (Å²) in [5.74, 6) is 0.655. The van der Waals surface area contributed by atoms with E-state index in [2.05, 4.69) is 33.9 Å². The number of hydrogen-bond acceptors (Lipinski definition) is 2. The first-order valence-corrected chi connectivity index (χ1v) is 12.6. The van der Waals surface area contributed by atoms with Crippen LogP contribution in [-0.4, -0.2) is 20.4 Å². The van der Waals surface area contributed by atoms with Gasteiger partial charge in [-0.25, -0.2) is 4.98 Å². The van der Waals surface area contributed by atoms with Gasteiger partial charge in [-0.1, -0.05) is 54.7 Å². The molecule has 178 valence electrons. The number of carbonyl (C=O) groups is 1. The van der Waals surface area contributed by atoms with E-state index in [1.165, 1.54) is 0 Å². The van der Waals surface area contributed by atoms with Crippen molar-refractivity contribution in [2.75, 3.05) is 0 Å². The minimum absolute atomic E-state index is 0.168. The molecule has 3 aromatic carbocycles. The van der Waals surface area contributed by atoms with Crippen molar-refractivity contribution in [1.82, 2.24) is 19.9 Å². The van der Waals surface area contributed by atoms with Crippen LogP contribution < -0.4 is 5.32 Å². The van der Waals surface area contributed by atoms with Crippen molar-refractivity contribution >= 4 is 51.0 Å². The number of benzene rings is 3. The standard InChI is InChI=1S/C28H26Cl2N4O/c1-2-3-14-34-26-13-12-21(30)16-24(26)32-27(34)25(33-28(35)18-8-10-20(29)11-9-18)15-19-17-31-23-7-5-4-6-22(19)23/h4-13,16-17,25,31H,2-3,14-15H2,1H3,(H,33,35). The predicted molar refractivity (Wildman–Crippen MR) is 143 cm³/mol. The van der Waals surface area contributed by atoms with Crippen molar-refractivity contribution in [2.24, 2.45) is 0 Å². The maximum atomic E-state index is 13.3. The van der Waals surface area contributed by atoms with Crippen molar-refractivity contribution < 1.29 is 4.79 Å². The van der Waals surface area contributed by atoms with Gasteiger partial charge in [0.25, 0.3) is 5.91 Å². The van der Waals surface area contributed by atoms with Gasteiger partial charge in [0.2, 0.25) is 0 Å². The first-order valence-electron chi connectivity index (χ1n) is 11.8. The average Bonchev–Trinajstić information content (AvgIpc) is 3.43. The normalized spacial score (nSPS) is 12.3. The van der Waals surface area contributed by atoms with Crippen molar-refractivity contribution in [3.63, 3.8) is 0 Å². The number of rotatable bonds is 8. The zero-order valence-corrected chi connectivity index (χ0v) is 20.9. The molecule has 0 saturated heterocycles. The Morgan fingerprint density at radius 2 is 1.83 bits per heavy atom. The van der Waals surface area contributed by atoms with Gasteiger partial charge in [-0.2, -0.15) is 0 Å². The van der Waals surface area contributed by atoms with Crippen molar-refractivity contribution in [1.29, 1.82) is 0 Å². The van der Waals surface area contributed by atoms with E-state index in [0.29, 0.717) is 22.0 Å². The van der Waals surface area contributed by atoms with E-state index in [-0.39, 0.29) is 11.9 Å². The summed E-state index contributed by atoms with van der Waals surface area (Å²) in [5.41, 5.74) is 4.58. The molecule has 7 heteroatoms. The number of hydrogen-bond donors (Lipinski definition) is 2. The van der Waals surface area contributed by atoms with Crippen LogP contribution in [0, 0.1) is 0 Å². The minimum Gasteiger partial charge on any atom is -0.361 e. The predicted octanol–water partition coefficient (Wildman–Crippen LogP) is 7.34. The number of aromatic nitrogens is 3. The molecule has 2 heterocycles. The SMILES string of the molecule is CCCCn1c(C(Cc2c[nH]c3ccccc23)NC(=O)c2ccc(Cl)cc2)nc2cc(Cl)ccc21. The van der Waals surface area contributed by atoms with E-state index in [4.69, 9.17) is 28.2 Å². The molecule has 0 radical (unpaired) electrons. The van der Waals surface area contributed by atoms with Crippen LogP contribution in [-0.2, 0) is 13.0 Å². The fourth-order valence-corrected chi connectivity index (χ4v) is 4.80. The number of imidazole rings is 1. The summed E-state index contributed by atoms with van der Waals surface area (Å²) in [4.78, 5) is 21.6. The molecule has 1 atom stereocenters. The first-order chi connectivity index (χ1) is 17.0. The Morgan fingerprint density at radius 1 is 1.06 bits per heavy atom. The van der Waals surface area contributed by atoms with Crippen LogP contribution in [0.5, 0.6) is 0 Å². The third-order valence-electron chi connectivity index (χ3n) is 6.30. The highest BCUT2D eigenvalue weighted by Gasteiger charge is 2.24. The molecule has 0 bridgehead atoms. The van der Waals surface area contributed by atoms with Gasteiger partial charge in [0, 0.05) is 45.7 Å². The highest BCUT2D eigenvalue weighted by molar-refractivity contribution is 6.31. The molecule has 5 rings (SSSR count). The zero-order chi connectivity index (χ0) is 24.4. The number of H-pyrrole nitrogens is 1. The van der Waals surface area contributed by atoms with Crippen molar-refractivity contribution in [3.05, 3.63) is 99.9 Å². The Balaban J connectivity index is 1.59. The summed E-state index contributed by atoms with van der Waals surface area (Å²) < 4.78 is 2.22. The molecule has 0 aliphatic carbocycles. The maximum Gasteiger partial charge on any atom is 0.251 e. The fraction of sp³-hybridized carbons (Fsp3) is 0.214. The Labute approximate surface area is 214 Å². The number of aryl methyl sites for hydroxylation is 1. The largest absolute Gasteiger partial charge is 0.361 e. The molecule has 0 aliphatic rings. The number of fused-ring (bicyclic) bond motifs is 2. The zero-order valence-electron chi connectivity index (χ0n) is 19.4. The van der Waals surface area contributed by atoms with Crippen LogP contribution in [0.25, 0.3) is 21.9 Å². The van der Waals surface area contributed by atoms with Gasteiger partial charge in [0.1, 0.15) is 5.82 Å². The number of carbonyl (C=O) groups excluding carboxylic acids is 1. The van der Waals surface area contributed by atoms with Crippen LogP contribution in [0.3, 0.4) is 0 Å². The quantitative estimate of drug-likeness (QED) is 0.232.